The first-order chi connectivity index (χ1) is 9.16. The van der Waals surface area contributed by atoms with E-state index in [1.807, 2.05) is 0 Å². The van der Waals surface area contributed by atoms with E-state index in [1.165, 1.54) is 7.11 Å². The molecule has 0 aliphatic rings. The minimum atomic E-state index is -3.58. The number of methoxy groups -OCH3 is 1. The van der Waals surface area contributed by atoms with Crippen LogP contribution in [0.3, 0.4) is 0 Å². The van der Waals surface area contributed by atoms with Crippen LogP contribution in [-0.2, 0) is 21.2 Å². The van der Waals surface area contributed by atoms with E-state index in [9.17, 15) is 8.42 Å². The summed E-state index contributed by atoms with van der Waals surface area (Å²) in [4.78, 5) is 0.577. The Labute approximate surface area is 125 Å². The zero-order valence-corrected chi connectivity index (χ0v) is 13.5. The van der Waals surface area contributed by atoms with Gasteiger partial charge in [0.2, 0.25) is 10.0 Å². The second-order valence-corrected chi connectivity index (χ2v) is 7.42. The molecule has 20 heavy (non-hydrogen) atoms. The first kappa shape index (κ1) is 17.0. The van der Waals surface area contributed by atoms with Gasteiger partial charge in [-0.2, -0.15) is 0 Å². The number of hydrogen-bond donors (Lipinski definition) is 2. The molecule has 1 rings (SSSR count). The van der Waals surface area contributed by atoms with Gasteiger partial charge in [0.15, 0.2) is 0 Å². The molecule has 0 atom stereocenters. The van der Waals surface area contributed by atoms with Gasteiger partial charge in [0.25, 0.3) is 0 Å². The molecular weight excluding hydrogens is 296 g/mol. The summed E-state index contributed by atoms with van der Waals surface area (Å²) in [6.45, 7) is 3.80. The van der Waals surface area contributed by atoms with Crippen molar-refractivity contribution in [2.24, 2.45) is 5.73 Å². The summed E-state index contributed by atoms with van der Waals surface area (Å²) < 4.78 is 32.1. The molecule has 112 valence electrons. The Morgan fingerprint density at radius 3 is 2.35 bits per heavy atom. The Hall–Kier alpha value is -1.02. The van der Waals surface area contributed by atoms with Crippen LogP contribution in [0.25, 0.3) is 0 Å². The lowest BCUT2D eigenvalue weighted by atomic mass is 10.1. The fraction of sp³-hybridized carbons (Fsp3) is 0.462. The number of ether oxygens (including phenoxy) is 1. The van der Waals surface area contributed by atoms with Gasteiger partial charge in [-0.25, -0.2) is 13.1 Å². The molecular formula is C13H20N2O3S2. The maximum atomic E-state index is 12.2. The van der Waals surface area contributed by atoms with E-state index >= 15 is 0 Å². The quantitative estimate of drug-likeness (QED) is 0.739. The molecule has 3 N–H and O–H groups in total. The summed E-state index contributed by atoms with van der Waals surface area (Å²) in [7, 11) is -2.05. The van der Waals surface area contributed by atoms with E-state index in [-0.39, 0.29) is 11.5 Å². The molecule has 1 aromatic rings. The molecule has 0 aromatic heterocycles. The van der Waals surface area contributed by atoms with Gasteiger partial charge >= 0.3 is 0 Å². The van der Waals surface area contributed by atoms with Gasteiger partial charge in [0.1, 0.15) is 0 Å². The summed E-state index contributed by atoms with van der Waals surface area (Å²) in [6.07, 6.45) is 0.457. The zero-order valence-electron chi connectivity index (χ0n) is 11.8. The van der Waals surface area contributed by atoms with Crippen LogP contribution in [0, 0.1) is 0 Å². The monoisotopic (exact) mass is 316 g/mol. The SMILES string of the molecule is COCC(C)(C)NS(=O)(=O)c1ccc(CC(N)=S)cc1. The summed E-state index contributed by atoms with van der Waals surface area (Å²) in [5.74, 6) is 0. The molecule has 0 bridgehead atoms. The van der Waals surface area contributed by atoms with E-state index < -0.39 is 15.6 Å². The molecule has 7 heteroatoms. The highest BCUT2D eigenvalue weighted by atomic mass is 32.2. The van der Waals surface area contributed by atoms with Gasteiger partial charge in [-0.05, 0) is 31.5 Å². The fourth-order valence-electron chi connectivity index (χ4n) is 1.80. The standard InChI is InChI=1S/C13H20N2O3S2/c1-13(2,9-18-3)15-20(16,17)11-6-4-10(5-7-11)8-12(14)19/h4-7,15H,8-9H2,1-3H3,(H2,14,19). The van der Waals surface area contributed by atoms with Gasteiger partial charge in [-0.15, -0.1) is 0 Å². The van der Waals surface area contributed by atoms with Crippen molar-refractivity contribution in [1.29, 1.82) is 0 Å². The molecule has 1 aromatic carbocycles. The third-order valence-electron chi connectivity index (χ3n) is 2.53. The highest BCUT2D eigenvalue weighted by Crippen LogP contribution is 2.14. The van der Waals surface area contributed by atoms with Crippen LogP contribution >= 0.6 is 12.2 Å². The van der Waals surface area contributed by atoms with Crippen molar-refractivity contribution >= 4 is 27.2 Å². The molecule has 0 aliphatic heterocycles. The van der Waals surface area contributed by atoms with E-state index in [0.717, 1.165) is 5.56 Å². The van der Waals surface area contributed by atoms with E-state index in [0.29, 0.717) is 11.4 Å². The molecule has 0 saturated carbocycles. The van der Waals surface area contributed by atoms with Crippen molar-refractivity contribution in [3.8, 4) is 0 Å². The second-order valence-electron chi connectivity index (χ2n) is 5.21. The van der Waals surface area contributed by atoms with Crippen molar-refractivity contribution in [2.45, 2.75) is 30.7 Å². The van der Waals surface area contributed by atoms with Crippen LogP contribution in [0.1, 0.15) is 19.4 Å². The van der Waals surface area contributed by atoms with Crippen LogP contribution in [-0.4, -0.2) is 32.7 Å². The van der Waals surface area contributed by atoms with Crippen LogP contribution in [0.2, 0.25) is 0 Å². The smallest absolute Gasteiger partial charge is 0.241 e. The number of nitrogens with two attached hydrogens (primary N) is 1. The Kier molecular flexibility index (Phi) is 5.64. The lowest BCUT2D eigenvalue weighted by Gasteiger charge is -2.24. The van der Waals surface area contributed by atoms with Crippen LogP contribution < -0.4 is 10.5 Å². The van der Waals surface area contributed by atoms with Crippen molar-refractivity contribution < 1.29 is 13.2 Å². The molecule has 0 spiro atoms. The molecule has 5 nitrogen and oxygen atoms in total. The predicted molar refractivity (Wildman–Crippen MR) is 83.2 cm³/mol. The summed E-state index contributed by atoms with van der Waals surface area (Å²) in [5.41, 5.74) is 5.66. The summed E-state index contributed by atoms with van der Waals surface area (Å²) in [6, 6.07) is 6.49. The average Bonchev–Trinajstić information content (AvgIpc) is 2.27. The van der Waals surface area contributed by atoms with Crippen LogP contribution in [0.5, 0.6) is 0 Å². The van der Waals surface area contributed by atoms with Crippen molar-refractivity contribution in [1.82, 2.24) is 4.72 Å². The average molecular weight is 316 g/mol. The van der Waals surface area contributed by atoms with Gasteiger partial charge in [-0.1, -0.05) is 24.4 Å². The van der Waals surface area contributed by atoms with Gasteiger partial charge < -0.3 is 10.5 Å². The molecule has 0 saturated heterocycles. The largest absolute Gasteiger partial charge is 0.393 e. The maximum absolute atomic E-state index is 12.2. The van der Waals surface area contributed by atoms with E-state index in [1.54, 1.807) is 38.1 Å². The van der Waals surface area contributed by atoms with Crippen LogP contribution in [0.4, 0.5) is 0 Å². The summed E-state index contributed by atoms with van der Waals surface area (Å²) >= 11 is 4.82. The van der Waals surface area contributed by atoms with Crippen molar-refractivity contribution in [2.75, 3.05) is 13.7 Å². The Morgan fingerprint density at radius 1 is 1.35 bits per heavy atom. The number of benzene rings is 1. The minimum absolute atomic E-state index is 0.202. The zero-order chi connectivity index (χ0) is 15.4. The highest BCUT2D eigenvalue weighted by Gasteiger charge is 2.26. The maximum Gasteiger partial charge on any atom is 0.241 e. The Bertz CT molecular complexity index is 566. The van der Waals surface area contributed by atoms with E-state index in [2.05, 4.69) is 4.72 Å². The Morgan fingerprint density at radius 2 is 1.90 bits per heavy atom. The molecule has 0 fully saturated rings. The lowest BCUT2D eigenvalue weighted by molar-refractivity contribution is 0.141. The second kappa shape index (κ2) is 6.62. The first-order valence-corrected chi connectivity index (χ1v) is 7.95. The van der Waals surface area contributed by atoms with Gasteiger partial charge in [0, 0.05) is 13.5 Å². The molecule has 0 amide bonds. The number of nitrogens with one attached hydrogen (secondary N) is 1. The molecule has 0 radical (unpaired) electrons. The normalized spacial score (nSPS) is 12.3. The number of thiocarbonyl (C=S) groups is 1. The minimum Gasteiger partial charge on any atom is -0.393 e. The van der Waals surface area contributed by atoms with Crippen molar-refractivity contribution in [3.05, 3.63) is 29.8 Å². The van der Waals surface area contributed by atoms with Gasteiger partial charge in [-0.3, -0.25) is 0 Å². The molecule has 0 heterocycles. The topological polar surface area (TPSA) is 81.4 Å². The van der Waals surface area contributed by atoms with Crippen molar-refractivity contribution in [3.63, 3.8) is 0 Å². The first-order valence-electron chi connectivity index (χ1n) is 6.06. The third-order valence-corrected chi connectivity index (χ3v) is 4.39. The predicted octanol–water partition coefficient (Wildman–Crippen LogP) is 1.22. The number of hydrogen-bond acceptors (Lipinski definition) is 4. The third kappa shape index (κ3) is 5.16. The molecule has 0 aliphatic carbocycles. The Balaban J connectivity index is 2.90. The number of sulfonamides is 1. The van der Waals surface area contributed by atoms with Crippen LogP contribution in [0.15, 0.2) is 29.2 Å². The lowest BCUT2D eigenvalue weighted by Crippen LogP contribution is -2.46. The fourth-order valence-corrected chi connectivity index (χ4v) is 3.37. The van der Waals surface area contributed by atoms with Gasteiger partial charge in [0.05, 0.1) is 22.0 Å². The number of rotatable bonds is 7. The molecule has 0 unspecified atom stereocenters. The highest BCUT2D eigenvalue weighted by molar-refractivity contribution is 7.89. The van der Waals surface area contributed by atoms with E-state index in [4.69, 9.17) is 22.7 Å². The summed E-state index contributed by atoms with van der Waals surface area (Å²) in [5, 5.41) is 0.